The van der Waals surface area contributed by atoms with E-state index in [2.05, 4.69) is 33.0 Å². The first-order chi connectivity index (χ1) is 9.86. The van der Waals surface area contributed by atoms with E-state index in [0.29, 0.717) is 5.41 Å². The molecule has 1 aromatic rings. The van der Waals surface area contributed by atoms with E-state index in [4.69, 9.17) is 0 Å². The zero-order valence-electron chi connectivity index (χ0n) is 14.0. The third-order valence-electron chi connectivity index (χ3n) is 5.13. The highest BCUT2D eigenvalue weighted by atomic mass is 19.1. The van der Waals surface area contributed by atoms with Crippen LogP contribution in [0.15, 0.2) is 24.3 Å². The number of hydrogen-bond acceptors (Lipinski definition) is 1. The van der Waals surface area contributed by atoms with E-state index in [1.165, 1.54) is 31.7 Å². The lowest BCUT2D eigenvalue weighted by atomic mass is 9.70. The second-order valence-corrected chi connectivity index (χ2v) is 7.77. The van der Waals surface area contributed by atoms with Crippen molar-refractivity contribution in [1.82, 2.24) is 5.32 Å². The fourth-order valence-corrected chi connectivity index (χ4v) is 3.47. The Hall–Kier alpha value is -0.890. The molecule has 1 aliphatic carbocycles. The van der Waals surface area contributed by atoms with E-state index in [0.717, 1.165) is 23.9 Å². The molecule has 1 saturated carbocycles. The summed E-state index contributed by atoms with van der Waals surface area (Å²) in [6, 6.07) is 7.15. The predicted octanol–water partition coefficient (Wildman–Crippen LogP) is 5.33. The number of rotatable bonds is 4. The van der Waals surface area contributed by atoms with Crippen LogP contribution in [0.3, 0.4) is 0 Å². The first-order valence-corrected chi connectivity index (χ1v) is 8.35. The number of hydrogen-bond donors (Lipinski definition) is 1. The molecular formula is C19H30FN. The first kappa shape index (κ1) is 16.5. The minimum atomic E-state index is -0.146. The molecule has 0 radical (unpaired) electrons. The quantitative estimate of drug-likeness (QED) is 0.790. The molecular weight excluding hydrogens is 261 g/mol. The van der Waals surface area contributed by atoms with Gasteiger partial charge >= 0.3 is 0 Å². The summed E-state index contributed by atoms with van der Waals surface area (Å²) in [6.45, 7) is 10.3. The van der Waals surface area contributed by atoms with Crippen molar-refractivity contribution in [3.8, 4) is 0 Å². The van der Waals surface area contributed by atoms with Crippen molar-refractivity contribution >= 4 is 0 Å². The topological polar surface area (TPSA) is 12.0 Å². The van der Waals surface area contributed by atoms with Crippen LogP contribution in [0.25, 0.3) is 0 Å². The summed E-state index contributed by atoms with van der Waals surface area (Å²) in [4.78, 5) is 0. The molecule has 2 rings (SSSR count). The first-order valence-electron chi connectivity index (χ1n) is 8.35. The molecule has 118 valence electrons. The van der Waals surface area contributed by atoms with Crippen LogP contribution in [-0.4, -0.2) is 6.54 Å². The van der Waals surface area contributed by atoms with Gasteiger partial charge in [-0.2, -0.15) is 0 Å². The van der Waals surface area contributed by atoms with Gasteiger partial charge < -0.3 is 5.32 Å². The normalized spacial score (nSPS) is 24.8. The average Bonchev–Trinajstić information content (AvgIpc) is 2.44. The highest BCUT2D eigenvalue weighted by Gasteiger charge is 2.29. The molecule has 1 fully saturated rings. The van der Waals surface area contributed by atoms with Gasteiger partial charge in [-0.1, -0.05) is 32.9 Å². The molecule has 1 aliphatic rings. The van der Waals surface area contributed by atoms with E-state index in [9.17, 15) is 4.39 Å². The minimum absolute atomic E-state index is 0.146. The number of nitrogens with one attached hydrogen (secondary N) is 1. The van der Waals surface area contributed by atoms with Crippen LogP contribution >= 0.6 is 0 Å². The standard InChI is InChI=1S/C19H30FN/c1-14(16-6-5-7-18(20)12-16)21-13-15-8-10-17(11-9-15)19(2,3)4/h5-7,12,14-15,17,21H,8-11,13H2,1-4H3. The van der Waals surface area contributed by atoms with Gasteiger partial charge in [0.05, 0.1) is 0 Å². The summed E-state index contributed by atoms with van der Waals surface area (Å²) in [5.74, 6) is 1.50. The lowest BCUT2D eigenvalue weighted by molar-refractivity contribution is 0.148. The summed E-state index contributed by atoms with van der Waals surface area (Å²) in [5, 5.41) is 3.58. The molecule has 1 aromatic carbocycles. The Morgan fingerprint density at radius 3 is 2.43 bits per heavy atom. The highest BCUT2D eigenvalue weighted by molar-refractivity contribution is 5.19. The summed E-state index contributed by atoms with van der Waals surface area (Å²) in [6.07, 6.45) is 5.35. The SMILES string of the molecule is CC(NCC1CCC(C(C)(C)C)CC1)c1cccc(F)c1. The average molecular weight is 291 g/mol. The van der Waals surface area contributed by atoms with Gasteiger partial charge in [-0.3, -0.25) is 0 Å². The van der Waals surface area contributed by atoms with Crippen molar-refractivity contribution in [3.05, 3.63) is 35.6 Å². The number of halogens is 1. The van der Waals surface area contributed by atoms with Gasteiger partial charge in [-0.15, -0.1) is 0 Å². The van der Waals surface area contributed by atoms with Crippen molar-refractivity contribution < 1.29 is 4.39 Å². The monoisotopic (exact) mass is 291 g/mol. The molecule has 2 heteroatoms. The van der Waals surface area contributed by atoms with Crippen molar-refractivity contribution in [2.24, 2.45) is 17.3 Å². The van der Waals surface area contributed by atoms with Crippen molar-refractivity contribution in [2.75, 3.05) is 6.54 Å². The molecule has 0 aliphatic heterocycles. The summed E-state index contributed by atoms with van der Waals surface area (Å²) in [5.41, 5.74) is 1.49. The fourth-order valence-electron chi connectivity index (χ4n) is 3.47. The zero-order valence-corrected chi connectivity index (χ0v) is 14.0. The smallest absolute Gasteiger partial charge is 0.123 e. The number of benzene rings is 1. The molecule has 0 spiro atoms. The fraction of sp³-hybridized carbons (Fsp3) is 0.684. The largest absolute Gasteiger partial charge is 0.310 e. The summed E-state index contributed by atoms with van der Waals surface area (Å²) < 4.78 is 13.2. The summed E-state index contributed by atoms with van der Waals surface area (Å²) in [7, 11) is 0. The van der Waals surface area contributed by atoms with Crippen molar-refractivity contribution in [3.63, 3.8) is 0 Å². The second-order valence-electron chi connectivity index (χ2n) is 7.77. The van der Waals surface area contributed by atoms with E-state index < -0.39 is 0 Å². The summed E-state index contributed by atoms with van der Waals surface area (Å²) >= 11 is 0. The van der Waals surface area contributed by atoms with Crippen LogP contribution in [0, 0.1) is 23.1 Å². The van der Waals surface area contributed by atoms with E-state index >= 15 is 0 Å². The second kappa shape index (κ2) is 6.91. The Labute approximate surface area is 129 Å². The molecule has 1 N–H and O–H groups in total. The van der Waals surface area contributed by atoms with Crippen LogP contribution < -0.4 is 5.32 Å². The van der Waals surface area contributed by atoms with Crippen LogP contribution in [0.2, 0.25) is 0 Å². The van der Waals surface area contributed by atoms with Crippen LogP contribution in [0.1, 0.15) is 65.0 Å². The van der Waals surface area contributed by atoms with Gasteiger partial charge in [0.2, 0.25) is 0 Å². The maximum Gasteiger partial charge on any atom is 0.123 e. The predicted molar refractivity (Wildman–Crippen MR) is 87.7 cm³/mol. The molecule has 0 heterocycles. The van der Waals surface area contributed by atoms with E-state index in [1.54, 1.807) is 12.1 Å². The van der Waals surface area contributed by atoms with Crippen LogP contribution in [-0.2, 0) is 0 Å². The van der Waals surface area contributed by atoms with Gasteiger partial charge in [0.25, 0.3) is 0 Å². The Morgan fingerprint density at radius 1 is 1.19 bits per heavy atom. The van der Waals surface area contributed by atoms with Crippen LogP contribution in [0.5, 0.6) is 0 Å². The highest BCUT2D eigenvalue weighted by Crippen LogP contribution is 2.39. The molecule has 21 heavy (non-hydrogen) atoms. The van der Waals surface area contributed by atoms with Gasteiger partial charge in [0.1, 0.15) is 5.82 Å². The Morgan fingerprint density at radius 2 is 1.86 bits per heavy atom. The molecule has 1 nitrogen and oxygen atoms in total. The maximum absolute atomic E-state index is 13.2. The van der Waals surface area contributed by atoms with Crippen LogP contribution in [0.4, 0.5) is 4.39 Å². The molecule has 0 saturated heterocycles. The van der Waals surface area contributed by atoms with Gasteiger partial charge in [0.15, 0.2) is 0 Å². The Kier molecular flexibility index (Phi) is 5.43. The van der Waals surface area contributed by atoms with Crippen molar-refractivity contribution in [1.29, 1.82) is 0 Å². The molecule has 0 amide bonds. The van der Waals surface area contributed by atoms with Gasteiger partial charge in [-0.25, -0.2) is 4.39 Å². The third kappa shape index (κ3) is 4.81. The molecule has 1 atom stereocenters. The molecule has 1 unspecified atom stereocenters. The zero-order chi connectivity index (χ0) is 15.5. The molecule has 0 bridgehead atoms. The Balaban J connectivity index is 1.77. The van der Waals surface area contributed by atoms with Crippen molar-refractivity contribution in [2.45, 2.75) is 59.4 Å². The third-order valence-corrected chi connectivity index (χ3v) is 5.13. The lowest BCUT2D eigenvalue weighted by Crippen LogP contribution is -2.31. The Bertz CT molecular complexity index is 441. The molecule has 0 aromatic heterocycles. The maximum atomic E-state index is 13.2. The van der Waals surface area contributed by atoms with E-state index in [-0.39, 0.29) is 11.9 Å². The van der Waals surface area contributed by atoms with E-state index in [1.807, 2.05) is 6.07 Å². The lowest BCUT2D eigenvalue weighted by Gasteiger charge is -2.37. The van der Waals surface area contributed by atoms with Gasteiger partial charge in [0, 0.05) is 6.04 Å². The minimum Gasteiger partial charge on any atom is -0.310 e. The van der Waals surface area contributed by atoms with Gasteiger partial charge in [-0.05, 0) is 74.1 Å².